The van der Waals surface area contributed by atoms with Crippen LogP contribution in [0.2, 0.25) is 0 Å². The maximum absolute atomic E-state index is 13.5. The first-order chi connectivity index (χ1) is 14.7. The lowest BCUT2D eigenvalue weighted by Gasteiger charge is -2.58. The average molecular weight is 433 g/mol. The molecule has 4 fully saturated rings. The van der Waals surface area contributed by atoms with Crippen molar-refractivity contribution in [2.45, 2.75) is 91.1 Å². The van der Waals surface area contributed by atoms with Gasteiger partial charge < -0.3 is 9.47 Å². The summed E-state index contributed by atoms with van der Waals surface area (Å²) in [6.07, 6.45) is 9.76. The Kier molecular flexibility index (Phi) is 6.52. The number of esters is 2. The lowest BCUT2D eigenvalue weighted by molar-refractivity contribution is -0.160. The molecule has 0 bridgehead atoms. The first kappa shape index (κ1) is 22.8. The predicted octanol–water partition coefficient (Wildman–Crippen LogP) is 4.96. The van der Waals surface area contributed by atoms with Crippen molar-refractivity contribution < 1.29 is 23.9 Å². The SMILES string of the molecule is COC(=O)CCC(C)C1CCC2C3CCC4CC(OC(C)=O)CCC4(C)C3CC(=O)C12. The zero-order valence-electron chi connectivity index (χ0n) is 19.7. The van der Waals surface area contributed by atoms with Crippen LogP contribution in [0, 0.1) is 46.8 Å². The van der Waals surface area contributed by atoms with Crippen molar-refractivity contribution in [1.29, 1.82) is 0 Å². The van der Waals surface area contributed by atoms with Crippen LogP contribution in [0.15, 0.2) is 0 Å². The van der Waals surface area contributed by atoms with E-state index in [4.69, 9.17) is 9.47 Å². The highest BCUT2D eigenvalue weighted by molar-refractivity contribution is 5.83. The van der Waals surface area contributed by atoms with Gasteiger partial charge in [0.05, 0.1) is 7.11 Å². The molecule has 0 spiro atoms. The van der Waals surface area contributed by atoms with Gasteiger partial charge in [-0.15, -0.1) is 0 Å². The van der Waals surface area contributed by atoms with E-state index >= 15 is 0 Å². The van der Waals surface area contributed by atoms with Crippen LogP contribution >= 0.6 is 0 Å². The Morgan fingerprint density at radius 3 is 2.58 bits per heavy atom. The van der Waals surface area contributed by atoms with E-state index in [1.54, 1.807) is 0 Å². The third-order valence-electron chi connectivity index (χ3n) is 9.89. The smallest absolute Gasteiger partial charge is 0.305 e. The van der Waals surface area contributed by atoms with E-state index in [-0.39, 0.29) is 29.4 Å². The van der Waals surface area contributed by atoms with Crippen molar-refractivity contribution in [1.82, 2.24) is 0 Å². The topological polar surface area (TPSA) is 69.7 Å². The highest BCUT2D eigenvalue weighted by Crippen LogP contribution is 2.63. The van der Waals surface area contributed by atoms with Crippen molar-refractivity contribution in [2.75, 3.05) is 7.11 Å². The molecule has 174 valence electrons. The molecule has 4 aliphatic carbocycles. The number of carbonyl (C=O) groups is 3. The Morgan fingerprint density at radius 1 is 1.13 bits per heavy atom. The summed E-state index contributed by atoms with van der Waals surface area (Å²) in [5.74, 6) is 3.43. The van der Waals surface area contributed by atoms with Gasteiger partial charge in [0.1, 0.15) is 11.9 Å². The highest BCUT2D eigenvalue weighted by Gasteiger charge is 2.59. The summed E-state index contributed by atoms with van der Waals surface area (Å²) < 4.78 is 10.4. The number of ether oxygens (including phenoxy) is 2. The van der Waals surface area contributed by atoms with Crippen LogP contribution in [0.3, 0.4) is 0 Å². The van der Waals surface area contributed by atoms with E-state index in [0.29, 0.717) is 47.7 Å². The quantitative estimate of drug-likeness (QED) is 0.575. The molecule has 0 aromatic rings. The molecule has 31 heavy (non-hydrogen) atoms. The second-order valence-electron chi connectivity index (χ2n) is 11.2. The molecule has 0 aromatic carbocycles. The van der Waals surface area contributed by atoms with Gasteiger partial charge in [0.2, 0.25) is 0 Å². The normalized spacial score (nSPS) is 42.7. The molecule has 0 radical (unpaired) electrons. The molecule has 0 heterocycles. The Bertz CT molecular complexity index is 717. The summed E-state index contributed by atoms with van der Waals surface area (Å²) in [7, 11) is 1.44. The van der Waals surface area contributed by atoms with Crippen LogP contribution in [0.1, 0.15) is 85.0 Å². The molecular weight excluding hydrogens is 392 g/mol. The molecule has 5 nitrogen and oxygen atoms in total. The van der Waals surface area contributed by atoms with Crippen LogP contribution in [-0.4, -0.2) is 30.9 Å². The Hall–Kier alpha value is -1.39. The lowest BCUT2D eigenvalue weighted by Crippen LogP contribution is -2.54. The van der Waals surface area contributed by atoms with E-state index in [9.17, 15) is 14.4 Å². The first-order valence-electron chi connectivity index (χ1n) is 12.5. The molecular formula is C26H40O5. The standard InChI is InChI=1S/C26H40O5/c1-15(5-10-24(29)30-4)19-8-9-21-20-7-6-17-13-18(31-16(2)27)11-12-26(17,3)22(20)14-23(28)25(19)21/h15,17-22,25H,5-14H2,1-4H3. The van der Waals surface area contributed by atoms with Crippen LogP contribution in [-0.2, 0) is 23.9 Å². The number of methoxy groups -OCH3 is 1. The van der Waals surface area contributed by atoms with Crippen molar-refractivity contribution in [2.24, 2.45) is 46.8 Å². The maximum atomic E-state index is 13.5. The van der Waals surface area contributed by atoms with Gasteiger partial charge in [-0.25, -0.2) is 0 Å². The minimum atomic E-state index is -0.170. The van der Waals surface area contributed by atoms with Gasteiger partial charge >= 0.3 is 11.9 Å². The highest BCUT2D eigenvalue weighted by atomic mass is 16.5. The van der Waals surface area contributed by atoms with Gasteiger partial charge in [-0.05, 0) is 92.3 Å². The summed E-state index contributed by atoms with van der Waals surface area (Å²) in [5.41, 5.74) is 0.203. The summed E-state index contributed by atoms with van der Waals surface area (Å²) in [6.45, 7) is 6.16. The van der Waals surface area contributed by atoms with E-state index in [0.717, 1.165) is 38.5 Å². The lowest BCUT2D eigenvalue weighted by atomic mass is 9.46. The van der Waals surface area contributed by atoms with E-state index in [1.807, 2.05) is 0 Å². The second kappa shape index (κ2) is 8.86. The Labute approximate surface area is 187 Å². The minimum absolute atomic E-state index is 0.0608. The zero-order chi connectivity index (χ0) is 22.3. The van der Waals surface area contributed by atoms with Crippen LogP contribution in [0.4, 0.5) is 0 Å². The van der Waals surface area contributed by atoms with Gasteiger partial charge in [0, 0.05) is 25.7 Å². The second-order valence-corrected chi connectivity index (χ2v) is 11.2. The molecule has 9 atom stereocenters. The number of rotatable bonds is 5. The van der Waals surface area contributed by atoms with Crippen molar-refractivity contribution in [3.63, 3.8) is 0 Å². The molecule has 0 N–H and O–H groups in total. The molecule has 9 unspecified atom stereocenters. The van der Waals surface area contributed by atoms with Crippen molar-refractivity contribution in [3.05, 3.63) is 0 Å². The first-order valence-corrected chi connectivity index (χ1v) is 12.5. The van der Waals surface area contributed by atoms with Gasteiger partial charge in [0.25, 0.3) is 0 Å². The summed E-state index contributed by atoms with van der Waals surface area (Å²) in [5, 5.41) is 0. The molecule has 4 aliphatic rings. The Balaban J connectivity index is 1.45. The van der Waals surface area contributed by atoms with Gasteiger partial charge in [0.15, 0.2) is 0 Å². The largest absolute Gasteiger partial charge is 0.469 e. The number of hydrogen-bond acceptors (Lipinski definition) is 5. The number of fused-ring (bicyclic) bond motifs is 5. The summed E-state index contributed by atoms with van der Waals surface area (Å²) in [6, 6.07) is 0. The Morgan fingerprint density at radius 2 is 1.87 bits per heavy atom. The molecule has 0 amide bonds. The average Bonchev–Trinajstić information content (AvgIpc) is 3.18. The zero-order valence-corrected chi connectivity index (χ0v) is 19.7. The van der Waals surface area contributed by atoms with Gasteiger partial charge in [-0.1, -0.05) is 13.8 Å². The molecule has 0 aliphatic heterocycles. The van der Waals surface area contributed by atoms with Crippen molar-refractivity contribution in [3.8, 4) is 0 Å². The third-order valence-corrected chi connectivity index (χ3v) is 9.89. The van der Waals surface area contributed by atoms with Gasteiger partial charge in [-0.2, -0.15) is 0 Å². The van der Waals surface area contributed by atoms with Gasteiger partial charge in [-0.3, -0.25) is 14.4 Å². The van der Waals surface area contributed by atoms with E-state index < -0.39 is 0 Å². The molecule has 5 heteroatoms. The summed E-state index contributed by atoms with van der Waals surface area (Å²) in [4.78, 5) is 36.5. The third kappa shape index (κ3) is 4.18. The summed E-state index contributed by atoms with van der Waals surface area (Å²) >= 11 is 0. The number of Topliss-reactive ketones (excluding diaryl/α,β-unsaturated/α-hetero) is 1. The van der Waals surface area contributed by atoms with Crippen LogP contribution in [0.5, 0.6) is 0 Å². The van der Waals surface area contributed by atoms with Crippen molar-refractivity contribution >= 4 is 17.7 Å². The molecule has 0 aromatic heterocycles. The number of ketones is 1. The molecule has 4 rings (SSSR count). The number of hydrogen-bond donors (Lipinski definition) is 0. The van der Waals surface area contributed by atoms with E-state index in [1.165, 1.54) is 33.3 Å². The van der Waals surface area contributed by atoms with Crippen LogP contribution in [0.25, 0.3) is 0 Å². The fourth-order valence-corrected chi connectivity index (χ4v) is 8.31. The monoisotopic (exact) mass is 432 g/mol. The van der Waals surface area contributed by atoms with E-state index in [2.05, 4.69) is 13.8 Å². The maximum Gasteiger partial charge on any atom is 0.305 e. The minimum Gasteiger partial charge on any atom is -0.469 e. The fraction of sp³-hybridized carbons (Fsp3) is 0.885. The molecule has 4 saturated carbocycles. The fourth-order valence-electron chi connectivity index (χ4n) is 8.31. The molecule has 0 saturated heterocycles. The predicted molar refractivity (Wildman–Crippen MR) is 117 cm³/mol. The van der Waals surface area contributed by atoms with Crippen LogP contribution < -0.4 is 0 Å². The number of carbonyl (C=O) groups excluding carboxylic acids is 3.